The molecule has 0 bridgehead atoms. The van der Waals surface area contributed by atoms with E-state index in [-0.39, 0.29) is 24.2 Å². The average Bonchev–Trinajstić information content (AvgIpc) is 2.93. The predicted molar refractivity (Wildman–Crippen MR) is 144 cm³/mol. The van der Waals surface area contributed by atoms with Crippen LogP contribution in [0.25, 0.3) is 33.5 Å². The Kier molecular flexibility index (Phi) is 7.39. The van der Waals surface area contributed by atoms with E-state index in [0.717, 1.165) is 13.1 Å². The van der Waals surface area contributed by atoms with Gasteiger partial charge in [0.05, 0.1) is 22.4 Å². The maximum Gasteiger partial charge on any atom is 0.254 e. The number of carbonyl (C=O) groups is 2. The fraction of sp³-hybridized carbons (Fsp3) is 0.241. The molecular weight excluding hydrogens is 485 g/mol. The maximum atomic E-state index is 13.7. The van der Waals surface area contributed by atoms with Crippen LogP contribution in [0.4, 0.5) is 10.1 Å². The molecule has 0 radical (unpaired) electrons. The highest BCUT2D eigenvalue weighted by Crippen LogP contribution is 2.32. The first-order valence-electron chi connectivity index (χ1n) is 12.4. The number of hydrogen-bond donors (Lipinski definition) is 1. The van der Waals surface area contributed by atoms with Crippen molar-refractivity contribution in [1.29, 1.82) is 0 Å². The number of anilines is 1. The number of ether oxygens (including phenoxy) is 1. The normalized spacial score (nSPS) is 14.0. The molecule has 3 aromatic carbocycles. The third-order valence-corrected chi connectivity index (χ3v) is 6.51. The summed E-state index contributed by atoms with van der Waals surface area (Å²) >= 11 is 0. The molecule has 38 heavy (non-hydrogen) atoms. The van der Waals surface area contributed by atoms with E-state index in [9.17, 15) is 14.0 Å². The molecule has 1 saturated heterocycles. The first-order valence-corrected chi connectivity index (χ1v) is 12.4. The summed E-state index contributed by atoms with van der Waals surface area (Å²) in [6, 6.07) is 18.7. The number of nitrogens with one attached hydrogen (secondary N) is 1. The molecule has 2 amide bonds. The summed E-state index contributed by atoms with van der Waals surface area (Å²) in [7, 11) is 3.50. The summed E-state index contributed by atoms with van der Waals surface area (Å²) in [5, 5.41) is 2.81. The van der Waals surface area contributed by atoms with Gasteiger partial charge in [0.1, 0.15) is 12.4 Å². The van der Waals surface area contributed by atoms with Gasteiger partial charge in [-0.25, -0.2) is 14.4 Å². The minimum absolute atomic E-state index is 0.0335. The van der Waals surface area contributed by atoms with Crippen LogP contribution < -0.4 is 5.32 Å². The van der Waals surface area contributed by atoms with Gasteiger partial charge in [-0.05, 0) is 61.6 Å². The lowest BCUT2D eigenvalue weighted by Crippen LogP contribution is -2.47. The lowest BCUT2D eigenvalue weighted by Gasteiger charge is -2.32. The van der Waals surface area contributed by atoms with Gasteiger partial charge in [0.25, 0.3) is 5.91 Å². The third kappa shape index (κ3) is 5.53. The zero-order valence-electron chi connectivity index (χ0n) is 21.3. The molecule has 2 heterocycles. The summed E-state index contributed by atoms with van der Waals surface area (Å²) in [5.74, 6) is -0.659. The van der Waals surface area contributed by atoms with E-state index in [1.54, 1.807) is 42.5 Å². The van der Waals surface area contributed by atoms with Crippen LogP contribution >= 0.6 is 0 Å². The van der Waals surface area contributed by atoms with Crippen LogP contribution in [0, 0.1) is 5.82 Å². The van der Waals surface area contributed by atoms with E-state index in [1.165, 1.54) is 19.2 Å². The van der Waals surface area contributed by atoms with Gasteiger partial charge in [-0.3, -0.25) is 9.59 Å². The molecule has 8 nitrogen and oxygen atoms in total. The van der Waals surface area contributed by atoms with Crippen LogP contribution in [0.15, 0.2) is 66.7 Å². The quantitative estimate of drug-likeness (QED) is 0.418. The molecule has 0 spiro atoms. The van der Waals surface area contributed by atoms with Crippen molar-refractivity contribution in [2.24, 2.45) is 0 Å². The summed E-state index contributed by atoms with van der Waals surface area (Å²) in [6.07, 6.45) is 0. The predicted octanol–water partition coefficient (Wildman–Crippen LogP) is 4.08. The van der Waals surface area contributed by atoms with Crippen molar-refractivity contribution < 1.29 is 18.7 Å². The lowest BCUT2D eigenvalue weighted by atomic mass is 10.0. The first-order chi connectivity index (χ1) is 18.4. The molecular formula is C29H28FN5O3. The molecule has 9 heteroatoms. The van der Waals surface area contributed by atoms with Crippen molar-refractivity contribution in [3.63, 3.8) is 0 Å². The summed E-state index contributed by atoms with van der Waals surface area (Å²) < 4.78 is 18.6. The van der Waals surface area contributed by atoms with E-state index in [1.807, 2.05) is 24.1 Å². The van der Waals surface area contributed by atoms with Crippen LogP contribution in [0.1, 0.15) is 10.4 Å². The molecule has 1 aliphatic heterocycles. The minimum Gasteiger partial charge on any atom is -0.375 e. The van der Waals surface area contributed by atoms with Crippen LogP contribution in [-0.2, 0) is 9.53 Å². The highest BCUT2D eigenvalue weighted by atomic mass is 19.1. The summed E-state index contributed by atoms with van der Waals surface area (Å²) in [5.41, 5.74) is 4.85. The van der Waals surface area contributed by atoms with Crippen LogP contribution in [0.2, 0.25) is 0 Å². The van der Waals surface area contributed by atoms with Crippen molar-refractivity contribution in [2.45, 2.75) is 0 Å². The van der Waals surface area contributed by atoms with Crippen molar-refractivity contribution >= 4 is 28.5 Å². The Morgan fingerprint density at radius 3 is 2.34 bits per heavy atom. The van der Waals surface area contributed by atoms with E-state index in [0.29, 0.717) is 57.9 Å². The van der Waals surface area contributed by atoms with Crippen LogP contribution in [0.5, 0.6) is 0 Å². The fourth-order valence-electron chi connectivity index (χ4n) is 4.46. The third-order valence-electron chi connectivity index (χ3n) is 6.51. The van der Waals surface area contributed by atoms with Gasteiger partial charge in [-0.15, -0.1) is 0 Å². The second kappa shape index (κ2) is 11.0. The van der Waals surface area contributed by atoms with Crippen molar-refractivity contribution in [3.05, 3.63) is 78.1 Å². The number of hydrogen-bond acceptors (Lipinski definition) is 6. The number of nitrogens with zero attached hydrogens (tertiary/aromatic N) is 4. The maximum absolute atomic E-state index is 13.7. The van der Waals surface area contributed by atoms with Gasteiger partial charge in [-0.2, -0.15) is 0 Å². The number of benzene rings is 3. The number of methoxy groups -OCH3 is 1. The number of fused-ring (bicyclic) bond motifs is 1. The Hall–Kier alpha value is -4.21. The standard InChI is InChI=1S/C29H28FN5O3/c1-34-12-14-35(15-13-34)29(37)21-8-11-24-25(17-21)33-28(27(32-24)19-6-9-22(30)10-7-19)20-4-3-5-23(16-20)31-26(36)18-38-2/h3-11,16-17H,12-15,18H2,1-2H3,(H,31,36). The van der Waals surface area contributed by atoms with Gasteiger partial charge in [0.15, 0.2) is 0 Å². The van der Waals surface area contributed by atoms with Crippen LogP contribution in [0.3, 0.4) is 0 Å². The fourth-order valence-corrected chi connectivity index (χ4v) is 4.46. The van der Waals surface area contributed by atoms with Gasteiger partial charge in [0, 0.05) is 55.7 Å². The Balaban J connectivity index is 1.58. The molecule has 1 aliphatic rings. The van der Waals surface area contributed by atoms with Gasteiger partial charge in [-0.1, -0.05) is 12.1 Å². The highest BCUT2D eigenvalue weighted by Gasteiger charge is 2.21. The Labute approximate surface area is 220 Å². The van der Waals surface area contributed by atoms with E-state index in [2.05, 4.69) is 10.2 Å². The zero-order valence-corrected chi connectivity index (χ0v) is 21.3. The largest absolute Gasteiger partial charge is 0.375 e. The first kappa shape index (κ1) is 25.4. The SMILES string of the molecule is COCC(=O)Nc1cccc(-c2nc3cc(C(=O)N4CCN(C)CC4)ccc3nc2-c2ccc(F)cc2)c1. The molecule has 1 aromatic heterocycles. The highest BCUT2D eigenvalue weighted by molar-refractivity contribution is 5.98. The van der Waals surface area contributed by atoms with E-state index in [4.69, 9.17) is 14.7 Å². The Bertz CT molecular complexity index is 1480. The van der Waals surface area contributed by atoms with Crippen molar-refractivity contribution in [1.82, 2.24) is 19.8 Å². The van der Waals surface area contributed by atoms with Gasteiger partial charge < -0.3 is 19.9 Å². The lowest BCUT2D eigenvalue weighted by molar-refractivity contribution is -0.119. The molecule has 1 N–H and O–H groups in total. The topological polar surface area (TPSA) is 87.7 Å². The molecule has 0 aliphatic carbocycles. The number of amides is 2. The number of halogens is 1. The number of piperazine rings is 1. The number of likely N-dealkylation sites (N-methyl/N-ethyl adjacent to an activating group) is 1. The summed E-state index contributed by atoms with van der Waals surface area (Å²) in [6.45, 7) is 2.96. The average molecular weight is 514 g/mol. The molecule has 5 rings (SSSR count). The molecule has 194 valence electrons. The second-order valence-electron chi connectivity index (χ2n) is 9.29. The molecule has 1 fully saturated rings. The molecule has 0 unspecified atom stereocenters. The Morgan fingerprint density at radius 2 is 1.61 bits per heavy atom. The molecule has 0 saturated carbocycles. The monoisotopic (exact) mass is 513 g/mol. The smallest absolute Gasteiger partial charge is 0.254 e. The number of rotatable bonds is 6. The van der Waals surface area contributed by atoms with Gasteiger partial charge >= 0.3 is 0 Å². The number of carbonyl (C=O) groups excluding carboxylic acids is 2. The van der Waals surface area contributed by atoms with E-state index >= 15 is 0 Å². The zero-order chi connectivity index (χ0) is 26.6. The van der Waals surface area contributed by atoms with Gasteiger partial charge in [0.2, 0.25) is 5.91 Å². The minimum atomic E-state index is -0.348. The summed E-state index contributed by atoms with van der Waals surface area (Å²) in [4.78, 5) is 39.1. The van der Waals surface area contributed by atoms with Crippen molar-refractivity contribution in [2.75, 3.05) is 52.3 Å². The van der Waals surface area contributed by atoms with E-state index < -0.39 is 0 Å². The number of aromatic nitrogens is 2. The van der Waals surface area contributed by atoms with Crippen LogP contribution in [-0.4, -0.2) is 78.5 Å². The second-order valence-corrected chi connectivity index (χ2v) is 9.29. The molecule has 4 aromatic rings. The molecule has 0 atom stereocenters. The Morgan fingerprint density at radius 1 is 0.895 bits per heavy atom. The van der Waals surface area contributed by atoms with Crippen molar-refractivity contribution in [3.8, 4) is 22.5 Å².